The Balaban J connectivity index is 2.79. The maximum absolute atomic E-state index is 12.1. The van der Waals surface area contributed by atoms with Gasteiger partial charge in [0, 0.05) is 6.04 Å². The molecule has 4 nitrogen and oxygen atoms in total. The van der Waals surface area contributed by atoms with Crippen LogP contribution in [-0.2, 0) is 10.0 Å². The lowest BCUT2D eigenvalue weighted by Gasteiger charge is -2.15. The first-order chi connectivity index (χ1) is 8.84. The Morgan fingerprint density at radius 3 is 2.63 bits per heavy atom. The van der Waals surface area contributed by atoms with Crippen molar-refractivity contribution in [2.75, 3.05) is 5.75 Å². The van der Waals surface area contributed by atoms with Crippen LogP contribution in [0.25, 0.3) is 0 Å². The molecule has 1 aromatic rings. The van der Waals surface area contributed by atoms with Gasteiger partial charge in [0.15, 0.2) is 0 Å². The Bertz CT molecular complexity index is 505. The van der Waals surface area contributed by atoms with E-state index in [1.165, 1.54) is 18.2 Å². The van der Waals surface area contributed by atoms with Crippen LogP contribution in [0.5, 0.6) is 5.75 Å². The molecule has 1 rings (SSSR count). The van der Waals surface area contributed by atoms with Crippen LogP contribution in [0.1, 0.15) is 31.9 Å². The summed E-state index contributed by atoms with van der Waals surface area (Å²) in [6, 6.07) is 5.47. The van der Waals surface area contributed by atoms with Gasteiger partial charge < -0.3 is 4.74 Å². The molecule has 19 heavy (non-hydrogen) atoms. The molecule has 1 aromatic carbocycles. The van der Waals surface area contributed by atoms with Crippen molar-refractivity contribution in [3.05, 3.63) is 29.8 Å². The fourth-order valence-electron chi connectivity index (χ4n) is 1.63. The number of alkyl halides is 2. The third-order valence-corrected chi connectivity index (χ3v) is 4.07. The van der Waals surface area contributed by atoms with Gasteiger partial charge in [0.05, 0.1) is 5.75 Å². The molecule has 7 heteroatoms. The number of halogens is 2. The highest BCUT2D eigenvalue weighted by atomic mass is 32.2. The molecule has 0 amide bonds. The van der Waals surface area contributed by atoms with Crippen LogP contribution in [0.4, 0.5) is 8.78 Å². The van der Waals surface area contributed by atoms with E-state index in [0.717, 1.165) is 0 Å². The number of ether oxygens (including phenoxy) is 1. The molecule has 0 radical (unpaired) electrons. The Morgan fingerprint density at radius 2 is 2.05 bits per heavy atom. The second kappa shape index (κ2) is 6.81. The number of nitrogens with one attached hydrogen (secondary N) is 1. The number of hydrogen-bond acceptors (Lipinski definition) is 3. The quantitative estimate of drug-likeness (QED) is 0.841. The fourth-order valence-corrected chi connectivity index (χ4v) is 2.96. The molecule has 0 spiro atoms. The highest BCUT2D eigenvalue weighted by Gasteiger charge is 2.15. The molecule has 1 atom stereocenters. The molecule has 0 aromatic heterocycles. The van der Waals surface area contributed by atoms with Gasteiger partial charge >= 0.3 is 6.61 Å². The van der Waals surface area contributed by atoms with Crippen LogP contribution >= 0.6 is 0 Å². The summed E-state index contributed by atoms with van der Waals surface area (Å²) in [5.74, 6) is 0.0407. The molecule has 0 saturated carbocycles. The third-order valence-electron chi connectivity index (χ3n) is 2.41. The lowest BCUT2D eigenvalue weighted by molar-refractivity contribution is -0.0499. The van der Waals surface area contributed by atoms with Crippen molar-refractivity contribution in [1.29, 1.82) is 0 Å². The zero-order valence-corrected chi connectivity index (χ0v) is 11.6. The van der Waals surface area contributed by atoms with Gasteiger partial charge in [0.1, 0.15) is 5.75 Å². The van der Waals surface area contributed by atoms with Gasteiger partial charge in [-0.05, 0) is 31.0 Å². The molecule has 0 heterocycles. The van der Waals surface area contributed by atoms with Crippen LogP contribution in [0.3, 0.4) is 0 Å². The van der Waals surface area contributed by atoms with Crippen LogP contribution < -0.4 is 9.46 Å². The summed E-state index contributed by atoms with van der Waals surface area (Å²) < 4.78 is 54.2. The average molecular weight is 293 g/mol. The van der Waals surface area contributed by atoms with E-state index in [2.05, 4.69) is 9.46 Å². The van der Waals surface area contributed by atoms with E-state index in [1.807, 2.05) is 0 Å². The molecular formula is C12H17F2NO3S. The number of sulfonamides is 1. The summed E-state index contributed by atoms with van der Waals surface area (Å²) in [4.78, 5) is 0. The maximum Gasteiger partial charge on any atom is 0.387 e. The van der Waals surface area contributed by atoms with Crippen molar-refractivity contribution >= 4 is 10.0 Å². The minimum Gasteiger partial charge on any atom is -0.435 e. The topological polar surface area (TPSA) is 55.4 Å². The molecule has 1 N–H and O–H groups in total. The molecule has 0 aliphatic heterocycles. The minimum absolute atomic E-state index is 0.00837. The van der Waals surface area contributed by atoms with Crippen LogP contribution in [0, 0.1) is 0 Å². The van der Waals surface area contributed by atoms with E-state index in [9.17, 15) is 17.2 Å². The highest BCUT2D eigenvalue weighted by Crippen LogP contribution is 2.21. The van der Waals surface area contributed by atoms with Crippen LogP contribution in [0.2, 0.25) is 0 Å². The lowest BCUT2D eigenvalue weighted by atomic mass is 10.1. The molecular weight excluding hydrogens is 276 g/mol. The number of hydrogen-bond donors (Lipinski definition) is 1. The fraction of sp³-hybridized carbons (Fsp3) is 0.500. The summed E-state index contributed by atoms with van der Waals surface area (Å²) in [7, 11) is -3.35. The molecule has 0 fully saturated rings. The summed E-state index contributed by atoms with van der Waals surface area (Å²) >= 11 is 0. The van der Waals surface area contributed by atoms with Crippen molar-refractivity contribution < 1.29 is 21.9 Å². The first kappa shape index (κ1) is 15.8. The summed E-state index contributed by atoms with van der Waals surface area (Å²) in [6.07, 6.45) is 0.511. The summed E-state index contributed by atoms with van der Waals surface area (Å²) in [5, 5.41) is 0. The normalized spacial score (nSPS) is 13.5. The SMILES string of the molecule is CCCS(=O)(=O)NC(C)c1cccc(OC(F)F)c1. The van der Waals surface area contributed by atoms with Crippen molar-refractivity contribution in [2.24, 2.45) is 0 Å². The van der Waals surface area contributed by atoms with Crippen molar-refractivity contribution in [3.63, 3.8) is 0 Å². The minimum atomic E-state index is -3.35. The third kappa shape index (κ3) is 5.52. The van der Waals surface area contributed by atoms with Gasteiger partial charge in [-0.3, -0.25) is 0 Å². The Morgan fingerprint density at radius 1 is 1.37 bits per heavy atom. The van der Waals surface area contributed by atoms with Gasteiger partial charge in [0.2, 0.25) is 10.0 Å². The van der Waals surface area contributed by atoms with E-state index < -0.39 is 22.7 Å². The number of benzene rings is 1. The van der Waals surface area contributed by atoms with Crippen molar-refractivity contribution in [1.82, 2.24) is 4.72 Å². The molecule has 108 valence electrons. The van der Waals surface area contributed by atoms with E-state index in [1.54, 1.807) is 19.9 Å². The molecule has 1 unspecified atom stereocenters. The van der Waals surface area contributed by atoms with Crippen LogP contribution in [-0.4, -0.2) is 20.8 Å². The Hall–Kier alpha value is -1.21. The largest absolute Gasteiger partial charge is 0.435 e. The van der Waals surface area contributed by atoms with E-state index in [4.69, 9.17) is 0 Å². The maximum atomic E-state index is 12.1. The first-order valence-electron chi connectivity index (χ1n) is 5.89. The highest BCUT2D eigenvalue weighted by molar-refractivity contribution is 7.89. The zero-order chi connectivity index (χ0) is 14.5. The lowest BCUT2D eigenvalue weighted by Crippen LogP contribution is -2.28. The van der Waals surface area contributed by atoms with E-state index in [0.29, 0.717) is 12.0 Å². The zero-order valence-electron chi connectivity index (χ0n) is 10.8. The molecule has 0 saturated heterocycles. The first-order valence-corrected chi connectivity index (χ1v) is 7.54. The summed E-state index contributed by atoms with van der Waals surface area (Å²) in [6.45, 7) is 0.512. The van der Waals surface area contributed by atoms with Crippen molar-refractivity contribution in [3.8, 4) is 5.75 Å². The average Bonchev–Trinajstić information content (AvgIpc) is 2.27. The predicted molar refractivity (Wildman–Crippen MR) is 68.7 cm³/mol. The molecule has 0 aliphatic carbocycles. The van der Waals surface area contributed by atoms with Crippen LogP contribution in [0.15, 0.2) is 24.3 Å². The Labute approximate surface area is 111 Å². The molecule has 0 aliphatic rings. The van der Waals surface area contributed by atoms with Crippen molar-refractivity contribution in [2.45, 2.75) is 32.9 Å². The predicted octanol–water partition coefficient (Wildman–Crippen LogP) is 2.68. The van der Waals surface area contributed by atoms with Gasteiger partial charge in [-0.1, -0.05) is 19.1 Å². The summed E-state index contributed by atoms with van der Waals surface area (Å²) in [5.41, 5.74) is 0.567. The van der Waals surface area contributed by atoms with E-state index in [-0.39, 0.29) is 11.5 Å². The second-order valence-electron chi connectivity index (χ2n) is 4.11. The number of rotatable bonds is 7. The monoisotopic (exact) mass is 293 g/mol. The van der Waals surface area contributed by atoms with Gasteiger partial charge in [-0.25, -0.2) is 13.1 Å². The standard InChI is InChI=1S/C12H17F2NO3S/c1-3-7-19(16,17)15-9(2)10-5-4-6-11(8-10)18-12(13)14/h4-6,8-9,12,15H,3,7H2,1-2H3. The second-order valence-corrected chi connectivity index (χ2v) is 5.98. The molecule has 0 bridgehead atoms. The van der Waals surface area contributed by atoms with Gasteiger partial charge in [-0.2, -0.15) is 8.78 Å². The van der Waals surface area contributed by atoms with E-state index >= 15 is 0 Å². The Kier molecular flexibility index (Phi) is 5.68. The smallest absolute Gasteiger partial charge is 0.387 e. The van der Waals surface area contributed by atoms with Gasteiger partial charge in [-0.15, -0.1) is 0 Å². The van der Waals surface area contributed by atoms with Gasteiger partial charge in [0.25, 0.3) is 0 Å².